The van der Waals surface area contributed by atoms with Gasteiger partial charge in [-0.2, -0.15) is 0 Å². The van der Waals surface area contributed by atoms with Crippen molar-refractivity contribution in [1.29, 1.82) is 0 Å². The number of rotatable bonds is 23. The second-order valence-corrected chi connectivity index (χ2v) is 5.84. The van der Waals surface area contributed by atoms with Crippen LogP contribution in [0.1, 0.15) is 32.6 Å². The van der Waals surface area contributed by atoms with Gasteiger partial charge in [-0.3, -0.25) is 0 Å². The van der Waals surface area contributed by atoms with E-state index in [0.29, 0.717) is 72.7 Å². The first-order valence-electron chi connectivity index (χ1n) is 10.0. The van der Waals surface area contributed by atoms with E-state index in [9.17, 15) is 0 Å². The van der Waals surface area contributed by atoms with Crippen LogP contribution in [-0.2, 0) is 28.4 Å². The van der Waals surface area contributed by atoms with Gasteiger partial charge in [0.15, 0.2) is 0 Å². The zero-order valence-corrected chi connectivity index (χ0v) is 17.0. The average Bonchev–Trinajstić information content (AvgIpc) is 2.66. The molecule has 0 unspecified atom stereocenters. The van der Waals surface area contributed by atoms with Crippen molar-refractivity contribution < 1.29 is 28.4 Å². The summed E-state index contributed by atoms with van der Waals surface area (Å²) in [6.45, 7) is 10.6. The van der Waals surface area contributed by atoms with Crippen LogP contribution in [0.25, 0.3) is 0 Å². The zero-order chi connectivity index (χ0) is 19.0. The molecule has 0 saturated carbocycles. The highest BCUT2D eigenvalue weighted by Crippen LogP contribution is 1.98. The fourth-order valence-electron chi connectivity index (χ4n) is 2.01. The third-order valence-corrected chi connectivity index (χ3v) is 3.50. The van der Waals surface area contributed by atoms with Crippen LogP contribution in [0.4, 0.5) is 0 Å². The molecule has 0 spiro atoms. The summed E-state index contributed by atoms with van der Waals surface area (Å²) in [5.74, 6) is 0. The molecular formula is C19H41NO6. The van der Waals surface area contributed by atoms with E-state index in [1.807, 2.05) is 7.05 Å². The standard InChI is InChI=1S/C19H41NO6/c1-3-4-5-6-8-21-10-12-23-14-16-25-18-19-26-17-15-24-13-11-22-9-7-20-2/h20H,3-19H2,1-2H3. The summed E-state index contributed by atoms with van der Waals surface area (Å²) in [6.07, 6.45) is 4.95. The first-order chi connectivity index (χ1) is 12.9. The number of hydrogen-bond donors (Lipinski definition) is 1. The maximum Gasteiger partial charge on any atom is 0.0701 e. The Hall–Kier alpha value is -0.280. The average molecular weight is 380 g/mol. The fourth-order valence-corrected chi connectivity index (χ4v) is 2.01. The van der Waals surface area contributed by atoms with E-state index < -0.39 is 0 Å². The Morgan fingerprint density at radius 1 is 0.462 bits per heavy atom. The van der Waals surface area contributed by atoms with Crippen molar-refractivity contribution in [3.05, 3.63) is 0 Å². The van der Waals surface area contributed by atoms with E-state index in [-0.39, 0.29) is 0 Å². The minimum absolute atomic E-state index is 0.572. The molecular weight excluding hydrogens is 338 g/mol. The quantitative estimate of drug-likeness (QED) is 0.272. The molecule has 0 saturated heterocycles. The number of hydrogen-bond acceptors (Lipinski definition) is 7. The van der Waals surface area contributed by atoms with Crippen molar-refractivity contribution in [3.63, 3.8) is 0 Å². The molecule has 0 rings (SSSR count). The van der Waals surface area contributed by atoms with Crippen LogP contribution in [-0.4, -0.2) is 92.9 Å². The van der Waals surface area contributed by atoms with Gasteiger partial charge in [0.05, 0.1) is 72.7 Å². The van der Waals surface area contributed by atoms with Gasteiger partial charge in [-0.1, -0.05) is 26.2 Å². The van der Waals surface area contributed by atoms with E-state index in [0.717, 1.165) is 19.6 Å². The summed E-state index contributed by atoms with van der Waals surface area (Å²) in [5.41, 5.74) is 0. The predicted molar refractivity (Wildman–Crippen MR) is 103 cm³/mol. The number of likely N-dealkylation sites (N-methyl/N-ethyl adjacent to an activating group) is 1. The van der Waals surface area contributed by atoms with Crippen molar-refractivity contribution >= 4 is 0 Å². The summed E-state index contributed by atoms with van der Waals surface area (Å²) in [4.78, 5) is 0. The molecule has 7 heteroatoms. The largest absolute Gasteiger partial charge is 0.379 e. The molecule has 0 aliphatic carbocycles. The summed E-state index contributed by atoms with van der Waals surface area (Å²) in [6, 6.07) is 0. The van der Waals surface area contributed by atoms with Gasteiger partial charge in [0.25, 0.3) is 0 Å². The van der Waals surface area contributed by atoms with Gasteiger partial charge in [-0.05, 0) is 13.5 Å². The molecule has 0 amide bonds. The van der Waals surface area contributed by atoms with Gasteiger partial charge in [-0.15, -0.1) is 0 Å². The summed E-state index contributed by atoms with van der Waals surface area (Å²) in [7, 11) is 1.90. The molecule has 26 heavy (non-hydrogen) atoms. The Morgan fingerprint density at radius 2 is 0.846 bits per heavy atom. The number of nitrogens with one attached hydrogen (secondary N) is 1. The Labute approximate surface area is 160 Å². The monoisotopic (exact) mass is 379 g/mol. The first-order valence-corrected chi connectivity index (χ1v) is 10.0. The van der Waals surface area contributed by atoms with Crippen LogP contribution in [0, 0.1) is 0 Å². The lowest BCUT2D eigenvalue weighted by Crippen LogP contribution is -2.17. The van der Waals surface area contributed by atoms with Crippen molar-refractivity contribution in [2.45, 2.75) is 32.6 Å². The van der Waals surface area contributed by atoms with Crippen LogP contribution < -0.4 is 5.32 Å². The zero-order valence-electron chi connectivity index (χ0n) is 17.0. The highest BCUT2D eigenvalue weighted by atomic mass is 16.6. The molecule has 0 bridgehead atoms. The second kappa shape index (κ2) is 24.7. The first kappa shape index (κ1) is 25.7. The lowest BCUT2D eigenvalue weighted by atomic mass is 10.2. The Balaban J connectivity index is 2.95. The molecule has 0 aliphatic rings. The molecule has 0 aromatic carbocycles. The molecule has 0 fully saturated rings. The molecule has 0 heterocycles. The van der Waals surface area contributed by atoms with Gasteiger partial charge in [0, 0.05) is 13.2 Å². The van der Waals surface area contributed by atoms with Crippen molar-refractivity contribution in [3.8, 4) is 0 Å². The van der Waals surface area contributed by atoms with Gasteiger partial charge < -0.3 is 33.7 Å². The van der Waals surface area contributed by atoms with E-state index >= 15 is 0 Å². The summed E-state index contributed by atoms with van der Waals surface area (Å²) < 4.78 is 32.5. The third-order valence-electron chi connectivity index (χ3n) is 3.50. The molecule has 0 atom stereocenters. The smallest absolute Gasteiger partial charge is 0.0701 e. The van der Waals surface area contributed by atoms with E-state index in [1.54, 1.807) is 0 Å². The molecule has 0 radical (unpaired) electrons. The van der Waals surface area contributed by atoms with Crippen LogP contribution in [0.15, 0.2) is 0 Å². The topological polar surface area (TPSA) is 67.4 Å². The van der Waals surface area contributed by atoms with Crippen LogP contribution in [0.2, 0.25) is 0 Å². The van der Waals surface area contributed by atoms with Gasteiger partial charge in [0.2, 0.25) is 0 Å². The molecule has 0 aromatic rings. The van der Waals surface area contributed by atoms with E-state index in [4.69, 9.17) is 28.4 Å². The van der Waals surface area contributed by atoms with Crippen molar-refractivity contribution in [2.24, 2.45) is 0 Å². The highest BCUT2D eigenvalue weighted by Gasteiger charge is 1.94. The maximum absolute atomic E-state index is 5.50. The minimum Gasteiger partial charge on any atom is -0.379 e. The van der Waals surface area contributed by atoms with Crippen LogP contribution in [0.3, 0.4) is 0 Å². The SMILES string of the molecule is CCCCCCOCCOCCOCCOCCOCCOCCNC. The Morgan fingerprint density at radius 3 is 1.23 bits per heavy atom. The van der Waals surface area contributed by atoms with Crippen LogP contribution >= 0.6 is 0 Å². The number of ether oxygens (including phenoxy) is 6. The predicted octanol–water partition coefficient (Wildman–Crippen LogP) is 1.89. The van der Waals surface area contributed by atoms with Gasteiger partial charge >= 0.3 is 0 Å². The summed E-state index contributed by atoms with van der Waals surface area (Å²) >= 11 is 0. The second-order valence-electron chi connectivity index (χ2n) is 5.84. The summed E-state index contributed by atoms with van der Waals surface area (Å²) in [5, 5.41) is 3.02. The van der Waals surface area contributed by atoms with E-state index in [2.05, 4.69) is 12.2 Å². The van der Waals surface area contributed by atoms with E-state index in [1.165, 1.54) is 19.3 Å². The molecule has 0 aromatic heterocycles. The maximum atomic E-state index is 5.50. The van der Waals surface area contributed by atoms with Gasteiger partial charge in [-0.25, -0.2) is 0 Å². The molecule has 1 N–H and O–H groups in total. The Bertz CT molecular complexity index is 222. The highest BCUT2D eigenvalue weighted by molar-refractivity contribution is 4.40. The molecule has 7 nitrogen and oxygen atoms in total. The molecule has 158 valence electrons. The Kier molecular flexibility index (Phi) is 24.5. The van der Waals surface area contributed by atoms with Crippen LogP contribution in [0.5, 0.6) is 0 Å². The lowest BCUT2D eigenvalue weighted by molar-refractivity contribution is -0.0166. The lowest BCUT2D eigenvalue weighted by Gasteiger charge is -2.08. The third kappa shape index (κ3) is 23.7. The number of unbranched alkanes of at least 4 members (excludes halogenated alkanes) is 3. The van der Waals surface area contributed by atoms with Crippen molar-refractivity contribution in [2.75, 3.05) is 92.9 Å². The van der Waals surface area contributed by atoms with Gasteiger partial charge in [0.1, 0.15) is 0 Å². The van der Waals surface area contributed by atoms with Crippen molar-refractivity contribution in [1.82, 2.24) is 5.32 Å². The normalized spacial score (nSPS) is 11.3. The molecule has 0 aliphatic heterocycles. The fraction of sp³-hybridized carbons (Fsp3) is 1.00. The minimum atomic E-state index is 0.572.